The lowest BCUT2D eigenvalue weighted by Crippen LogP contribution is -2.36. The van der Waals surface area contributed by atoms with Gasteiger partial charge in [-0.3, -0.25) is 9.78 Å². The van der Waals surface area contributed by atoms with E-state index in [9.17, 15) is 13.6 Å². The Morgan fingerprint density at radius 2 is 1.80 bits per heavy atom. The molecule has 2 rings (SSSR count). The highest BCUT2D eigenvalue weighted by atomic mass is 79.9. The molecule has 0 radical (unpaired) electrons. The summed E-state index contributed by atoms with van der Waals surface area (Å²) in [7, 11) is 0. The number of anilines is 1. The van der Waals surface area contributed by atoms with Gasteiger partial charge in [-0.2, -0.15) is 0 Å². The quantitative estimate of drug-likeness (QED) is 0.651. The topological polar surface area (TPSA) is 33.2 Å². The molecule has 134 valence electrons. The van der Waals surface area contributed by atoms with Crippen LogP contribution in [0.15, 0.2) is 34.9 Å². The van der Waals surface area contributed by atoms with Crippen molar-refractivity contribution in [1.82, 2.24) is 4.98 Å². The number of alkyl halides is 2. The SMILES string of the molecule is Cc1cc(Br)cc(C)c1N(CC(F)F)C(=O)c1ccc(C(C)C)nc1. The van der Waals surface area contributed by atoms with Gasteiger partial charge >= 0.3 is 0 Å². The highest BCUT2D eigenvalue weighted by molar-refractivity contribution is 9.10. The zero-order chi connectivity index (χ0) is 18.7. The smallest absolute Gasteiger partial charge is 0.260 e. The molecular formula is C19H21BrF2N2O. The number of hydrogen-bond donors (Lipinski definition) is 0. The Bertz CT molecular complexity index is 738. The van der Waals surface area contributed by atoms with E-state index in [-0.39, 0.29) is 5.92 Å². The van der Waals surface area contributed by atoms with Crippen LogP contribution in [0.5, 0.6) is 0 Å². The normalized spacial score (nSPS) is 11.2. The Kier molecular flexibility index (Phi) is 6.27. The number of amides is 1. The van der Waals surface area contributed by atoms with Gasteiger partial charge in [0.1, 0.15) is 0 Å². The summed E-state index contributed by atoms with van der Waals surface area (Å²) in [5, 5.41) is 0. The van der Waals surface area contributed by atoms with E-state index in [1.54, 1.807) is 26.0 Å². The molecule has 0 spiro atoms. The van der Waals surface area contributed by atoms with Gasteiger partial charge in [-0.25, -0.2) is 8.78 Å². The number of carbonyl (C=O) groups is 1. The molecule has 1 heterocycles. The van der Waals surface area contributed by atoms with Crippen LogP contribution in [0.4, 0.5) is 14.5 Å². The zero-order valence-electron chi connectivity index (χ0n) is 14.7. The lowest BCUT2D eigenvalue weighted by Gasteiger charge is -2.26. The summed E-state index contributed by atoms with van der Waals surface area (Å²) in [6, 6.07) is 7.04. The molecule has 0 saturated heterocycles. The molecule has 2 aromatic rings. The monoisotopic (exact) mass is 410 g/mol. The number of benzene rings is 1. The largest absolute Gasteiger partial charge is 0.302 e. The van der Waals surface area contributed by atoms with Gasteiger partial charge < -0.3 is 4.90 Å². The minimum atomic E-state index is -2.63. The first-order chi connectivity index (χ1) is 11.7. The Morgan fingerprint density at radius 3 is 2.24 bits per heavy atom. The fraction of sp³-hybridized carbons (Fsp3) is 0.368. The maximum Gasteiger partial charge on any atom is 0.260 e. The predicted molar refractivity (Wildman–Crippen MR) is 99.6 cm³/mol. The molecule has 0 bridgehead atoms. The van der Waals surface area contributed by atoms with E-state index in [2.05, 4.69) is 20.9 Å². The summed E-state index contributed by atoms with van der Waals surface area (Å²) in [5.74, 6) is -0.242. The Morgan fingerprint density at radius 1 is 1.20 bits per heavy atom. The molecule has 0 saturated carbocycles. The number of rotatable bonds is 5. The first kappa shape index (κ1) is 19.5. The van der Waals surface area contributed by atoms with E-state index in [1.165, 1.54) is 6.20 Å². The molecule has 0 unspecified atom stereocenters. The number of pyridine rings is 1. The van der Waals surface area contributed by atoms with E-state index in [0.717, 1.165) is 26.2 Å². The first-order valence-corrected chi connectivity index (χ1v) is 8.82. The third kappa shape index (κ3) is 4.63. The average Bonchev–Trinajstić information content (AvgIpc) is 2.52. The molecule has 0 aliphatic rings. The molecule has 1 aromatic carbocycles. The summed E-state index contributed by atoms with van der Waals surface area (Å²) in [5.41, 5.74) is 3.18. The minimum Gasteiger partial charge on any atom is -0.302 e. The van der Waals surface area contributed by atoms with Gasteiger partial charge in [0, 0.05) is 16.4 Å². The first-order valence-electron chi connectivity index (χ1n) is 8.03. The Balaban J connectivity index is 2.45. The Hall–Kier alpha value is -1.82. The summed E-state index contributed by atoms with van der Waals surface area (Å²) in [6.45, 7) is 6.95. The van der Waals surface area contributed by atoms with Gasteiger partial charge in [-0.1, -0.05) is 29.8 Å². The summed E-state index contributed by atoms with van der Waals surface area (Å²) in [6.07, 6.45) is -1.17. The van der Waals surface area contributed by atoms with E-state index >= 15 is 0 Å². The van der Waals surface area contributed by atoms with Crippen molar-refractivity contribution in [2.75, 3.05) is 11.4 Å². The molecule has 0 fully saturated rings. The number of halogens is 3. The molecule has 0 atom stereocenters. The second-order valence-corrected chi connectivity index (χ2v) is 7.24. The third-order valence-electron chi connectivity index (χ3n) is 3.92. The van der Waals surface area contributed by atoms with E-state index in [1.807, 2.05) is 26.0 Å². The van der Waals surface area contributed by atoms with Crippen LogP contribution >= 0.6 is 15.9 Å². The highest BCUT2D eigenvalue weighted by Gasteiger charge is 2.25. The molecule has 1 amide bonds. The molecular weight excluding hydrogens is 390 g/mol. The Labute approximate surface area is 155 Å². The number of aromatic nitrogens is 1. The van der Waals surface area contributed by atoms with Crippen molar-refractivity contribution in [3.63, 3.8) is 0 Å². The average molecular weight is 411 g/mol. The molecule has 0 aliphatic heterocycles. The third-order valence-corrected chi connectivity index (χ3v) is 4.37. The molecule has 1 aromatic heterocycles. The van der Waals surface area contributed by atoms with Crippen molar-refractivity contribution in [3.05, 3.63) is 57.3 Å². The van der Waals surface area contributed by atoms with Crippen molar-refractivity contribution in [2.24, 2.45) is 0 Å². The van der Waals surface area contributed by atoms with Gasteiger partial charge in [-0.05, 0) is 55.2 Å². The number of carbonyl (C=O) groups excluding carboxylic acids is 1. The number of nitrogens with zero attached hydrogens (tertiary/aromatic N) is 2. The lowest BCUT2D eigenvalue weighted by molar-refractivity contribution is 0.0944. The maximum absolute atomic E-state index is 13.1. The maximum atomic E-state index is 13.1. The second-order valence-electron chi connectivity index (χ2n) is 6.32. The number of hydrogen-bond acceptors (Lipinski definition) is 2. The highest BCUT2D eigenvalue weighted by Crippen LogP contribution is 2.30. The van der Waals surface area contributed by atoms with Crippen LogP contribution in [0.2, 0.25) is 0 Å². The van der Waals surface area contributed by atoms with Gasteiger partial charge in [0.05, 0.1) is 17.8 Å². The molecule has 3 nitrogen and oxygen atoms in total. The van der Waals surface area contributed by atoms with Gasteiger partial charge in [0.25, 0.3) is 12.3 Å². The molecule has 6 heteroatoms. The van der Waals surface area contributed by atoms with Crippen LogP contribution in [0, 0.1) is 13.8 Å². The summed E-state index contributed by atoms with van der Waals surface area (Å²) in [4.78, 5) is 18.3. The van der Waals surface area contributed by atoms with E-state index < -0.39 is 18.9 Å². The summed E-state index contributed by atoms with van der Waals surface area (Å²) < 4.78 is 27.1. The van der Waals surface area contributed by atoms with Crippen LogP contribution in [0.1, 0.15) is 46.9 Å². The van der Waals surface area contributed by atoms with Crippen molar-refractivity contribution in [3.8, 4) is 0 Å². The zero-order valence-corrected chi connectivity index (χ0v) is 16.3. The van der Waals surface area contributed by atoms with Crippen molar-refractivity contribution in [2.45, 2.75) is 40.0 Å². The standard InChI is InChI=1S/C19H21BrF2N2O/c1-11(2)16-6-5-14(9-23-16)19(25)24(10-17(21)22)18-12(3)7-15(20)8-13(18)4/h5-9,11,17H,10H2,1-4H3. The number of aryl methyl sites for hydroxylation is 2. The van der Waals surface area contributed by atoms with Crippen molar-refractivity contribution >= 4 is 27.5 Å². The van der Waals surface area contributed by atoms with Crippen LogP contribution in [-0.2, 0) is 0 Å². The second kappa shape index (κ2) is 8.04. The van der Waals surface area contributed by atoms with Crippen molar-refractivity contribution < 1.29 is 13.6 Å². The predicted octanol–water partition coefficient (Wildman–Crippen LogP) is 5.50. The van der Waals surface area contributed by atoms with Crippen LogP contribution in [0.3, 0.4) is 0 Å². The molecule has 0 N–H and O–H groups in total. The van der Waals surface area contributed by atoms with Crippen LogP contribution in [-0.4, -0.2) is 23.9 Å². The van der Waals surface area contributed by atoms with Gasteiger partial charge in [0.2, 0.25) is 0 Å². The summed E-state index contributed by atoms with van der Waals surface area (Å²) >= 11 is 3.39. The van der Waals surface area contributed by atoms with Gasteiger partial charge in [-0.15, -0.1) is 0 Å². The lowest BCUT2D eigenvalue weighted by atomic mass is 10.1. The van der Waals surface area contributed by atoms with E-state index in [4.69, 9.17) is 0 Å². The molecule has 0 aliphatic carbocycles. The van der Waals surface area contributed by atoms with E-state index in [0.29, 0.717) is 11.3 Å². The van der Waals surface area contributed by atoms with Crippen LogP contribution < -0.4 is 4.90 Å². The fourth-order valence-corrected chi connectivity index (χ4v) is 3.46. The molecule has 25 heavy (non-hydrogen) atoms. The van der Waals surface area contributed by atoms with Gasteiger partial charge in [0.15, 0.2) is 0 Å². The van der Waals surface area contributed by atoms with Crippen molar-refractivity contribution in [1.29, 1.82) is 0 Å². The fourth-order valence-electron chi connectivity index (χ4n) is 2.77. The minimum absolute atomic E-state index is 0.234. The van der Waals surface area contributed by atoms with Crippen LogP contribution in [0.25, 0.3) is 0 Å².